The number of alkyl halides is 2. The van der Waals surface area contributed by atoms with Gasteiger partial charge in [0.15, 0.2) is 11.8 Å². The second-order valence-electron chi connectivity index (χ2n) is 12.1. The lowest BCUT2D eigenvalue weighted by Gasteiger charge is -2.35. The number of esters is 2. The van der Waals surface area contributed by atoms with Gasteiger partial charge in [0.25, 0.3) is 5.91 Å². The first-order chi connectivity index (χ1) is 19.8. The highest BCUT2D eigenvalue weighted by molar-refractivity contribution is 7.10. The molecule has 0 unspecified atom stereocenters. The van der Waals surface area contributed by atoms with E-state index in [1.54, 1.807) is 20.8 Å². The molecule has 43 heavy (non-hydrogen) atoms. The minimum atomic E-state index is -1.59. The van der Waals surface area contributed by atoms with E-state index in [1.165, 1.54) is 35.9 Å². The third-order valence-electron chi connectivity index (χ3n) is 6.90. The van der Waals surface area contributed by atoms with Crippen molar-refractivity contribution in [2.75, 3.05) is 6.54 Å². The third-order valence-corrected chi connectivity index (χ3v) is 9.09. The van der Waals surface area contributed by atoms with Gasteiger partial charge in [0.1, 0.15) is 31.7 Å². The predicted octanol–water partition coefficient (Wildman–Crippen LogP) is 5.13. The maximum Gasteiger partial charge on any atom is 0.358 e. The van der Waals surface area contributed by atoms with Gasteiger partial charge < -0.3 is 25.2 Å². The number of aliphatic hydroxyl groups is 1. The summed E-state index contributed by atoms with van der Waals surface area (Å²) < 4.78 is 10.7. The van der Waals surface area contributed by atoms with Crippen LogP contribution in [0.3, 0.4) is 0 Å². The van der Waals surface area contributed by atoms with Crippen LogP contribution in [0.4, 0.5) is 0 Å². The van der Waals surface area contributed by atoms with Crippen LogP contribution in [0.5, 0.6) is 0 Å². The monoisotopic (exact) mass is 676 g/mol. The summed E-state index contributed by atoms with van der Waals surface area (Å²) in [5.41, 5.74) is -2.98. The Morgan fingerprint density at radius 3 is 2.26 bits per heavy atom. The SMILES string of the molecule is CC(C)[C@@H]1NC(=O)CNC(=O)c2csc(n2)[C@H](C(C)(C)O)OC(=O)C(C)(C)[C@H](CCCC(C)(Cl)Cl)OC(=O)c2csc1n2. The number of nitrogens with zero attached hydrogens (tertiary/aromatic N) is 2. The van der Waals surface area contributed by atoms with E-state index < -0.39 is 57.4 Å². The van der Waals surface area contributed by atoms with Gasteiger partial charge >= 0.3 is 11.9 Å². The van der Waals surface area contributed by atoms with Gasteiger partial charge in [-0.3, -0.25) is 14.4 Å². The van der Waals surface area contributed by atoms with E-state index in [9.17, 15) is 24.3 Å². The second-order valence-corrected chi connectivity index (χ2v) is 15.8. The fraction of sp³-hybridized carbons (Fsp3) is 0.643. The van der Waals surface area contributed by atoms with Crippen LogP contribution in [0.15, 0.2) is 10.8 Å². The first-order valence-electron chi connectivity index (χ1n) is 13.8. The zero-order valence-electron chi connectivity index (χ0n) is 25.2. The Labute approximate surface area is 269 Å². The van der Waals surface area contributed by atoms with Crippen LogP contribution >= 0.6 is 45.9 Å². The fourth-order valence-electron chi connectivity index (χ4n) is 4.27. The molecule has 3 heterocycles. The number of ether oxygens (including phenoxy) is 2. The molecule has 3 atom stereocenters. The molecule has 0 spiro atoms. The Kier molecular flexibility index (Phi) is 11.3. The van der Waals surface area contributed by atoms with E-state index in [4.69, 9.17) is 32.7 Å². The molecule has 2 aromatic heterocycles. The summed E-state index contributed by atoms with van der Waals surface area (Å²) >= 11 is 14.5. The smallest absolute Gasteiger partial charge is 0.358 e. The molecule has 0 aromatic carbocycles. The molecular weight excluding hydrogens is 639 g/mol. The number of rotatable bonds is 6. The first-order valence-corrected chi connectivity index (χ1v) is 16.3. The van der Waals surface area contributed by atoms with Gasteiger partial charge in [-0.15, -0.1) is 45.9 Å². The molecule has 3 N–H and O–H groups in total. The van der Waals surface area contributed by atoms with Crippen LogP contribution < -0.4 is 10.6 Å². The Hall–Kier alpha value is -2.32. The van der Waals surface area contributed by atoms with Crippen molar-refractivity contribution < 1.29 is 33.8 Å². The second kappa shape index (κ2) is 13.8. The van der Waals surface area contributed by atoms with Crippen molar-refractivity contribution in [2.24, 2.45) is 11.3 Å². The van der Waals surface area contributed by atoms with E-state index in [-0.39, 0.29) is 35.3 Å². The number of cyclic esters (lactones) is 2. The molecule has 0 saturated heterocycles. The van der Waals surface area contributed by atoms with Crippen molar-refractivity contribution in [3.05, 3.63) is 32.2 Å². The highest BCUT2D eigenvalue weighted by Crippen LogP contribution is 2.38. The molecule has 4 bridgehead atoms. The van der Waals surface area contributed by atoms with Gasteiger partial charge in [0.05, 0.1) is 18.0 Å². The average molecular weight is 678 g/mol. The van der Waals surface area contributed by atoms with Crippen LogP contribution in [-0.4, -0.2) is 61.4 Å². The molecule has 1 aliphatic rings. The van der Waals surface area contributed by atoms with E-state index in [2.05, 4.69) is 20.6 Å². The molecular formula is C28H38Cl2N4O7S2. The minimum Gasteiger partial charge on any atom is -0.456 e. The molecule has 1 aliphatic heterocycles. The quantitative estimate of drug-likeness (QED) is 0.279. The normalized spacial score (nSPS) is 22.5. The zero-order chi connectivity index (χ0) is 32.3. The molecule has 0 radical (unpaired) electrons. The van der Waals surface area contributed by atoms with Crippen LogP contribution in [0.1, 0.15) is 111 Å². The summed E-state index contributed by atoms with van der Waals surface area (Å²) in [4.78, 5) is 61.4. The lowest BCUT2D eigenvalue weighted by molar-refractivity contribution is -0.179. The van der Waals surface area contributed by atoms with Gasteiger partial charge in [-0.2, -0.15) is 0 Å². The summed E-state index contributed by atoms with van der Waals surface area (Å²) in [6.07, 6.45) is -1.24. The van der Waals surface area contributed by atoms with Crippen molar-refractivity contribution in [2.45, 2.75) is 95.9 Å². The molecule has 2 amide bonds. The van der Waals surface area contributed by atoms with E-state index in [0.29, 0.717) is 17.8 Å². The van der Waals surface area contributed by atoms with Crippen LogP contribution in [-0.2, 0) is 19.1 Å². The Bertz CT molecular complexity index is 1330. The molecule has 11 nitrogen and oxygen atoms in total. The maximum absolute atomic E-state index is 13.7. The summed E-state index contributed by atoms with van der Waals surface area (Å²) in [6, 6.07) is -0.538. The Balaban J connectivity index is 2.06. The topological polar surface area (TPSA) is 157 Å². The lowest BCUT2D eigenvalue weighted by Crippen LogP contribution is -2.44. The molecule has 0 fully saturated rings. The van der Waals surface area contributed by atoms with Gasteiger partial charge in [-0.05, 0) is 59.8 Å². The van der Waals surface area contributed by atoms with Gasteiger partial charge in [-0.25, -0.2) is 14.8 Å². The molecule has 2 aromatic rings. The number of hydrogen-bond acceptors (Lipinski definition) is 11. The van der Waals surface area contributed by atoms with E-state index in [1.807, 2.05) is 13.8 Å². The molecule has 238 valence electrons. The fourth-order valence-corrected chi connectivity index (χ4v) is 6.55. The minimum absolute atomic E-state index is 0.00254. The third kappa shape index (κ3) is 9.34. The van der Waals surface area contributed by atoms with Crippen LogP contribution in [0.25, 0.3) is 0 Å². The van der Waals surface area contributed by atoms with Crippen LogP contribution in [0.2, 0.25) is 0 Å². The van der Waals surface area contributed by atoms with Gasteiger partial charge in [0.2, 0.25) is 5.91 Å². The number of aromatic nitrogens is 2. The Morgan fingerprint density at radius 1 is 1.05 bits per heavy atom. The molecule has 15 heteroatoms. The number of thiazole rings is 2. The largest absolute Gasteiger partial charge is 0.456 e. The predicted molar refractivity (Wildman–Crippen MR) is 164 cm³/mol. The highest BCUT2D eigenvalue weighted by Gasteiger charge is 2.45. The van der Waals surface area contributed by atoms with Gasteiger partial charge in [0, 0.05) is 10.8 Å². The highest BCUT2D eigenvalue weighted by atomic mass is 35.5. The van der Waals surface area contributed by atoms with E-state index >= 15 is 0 Å². The Morgan fingerprint density at radius 2 is 1.65 bits per heavy atom. The van der Waals surface area contributed by atoms with Crippen molar-refractivity contribution in [1.82, 2.24) is 20.6 Å². The summed E-state index contributed by atoms with van der Waals surface area (Å²) in [7, 11) is 0. The molecule has 0 aliphatic carbocycles. The van der Waals surface area contributed by atoms with Crippen molar-refractivity contribution in [3.63, 3.8) is 0 Å². The number of carbonyl (C=O) groups is 4. The van der Waals surface area contributed by atoms with E-state index in [0.717, 1.165) is 11.3 Å². The molecule has 3 rings (SSSR count). The number of hydrogen-bond donors (Lipinski definition) is 3. The number of amides is 2. The lowest BCUT2D eigenvalue weighted by atomic mass is 9.83. The number of halogens is 2. The number of carbonyl (C=O) groups excluding carboxylic acids is 4. The number of nitrogens with one attached hydrogen (secondary N) is 2. The summed E-state index contributed by atoms with van der Waals surface area (Å²) in [5.74, 6) is -2.68. The summed E-state index contributed by atoms with van der Waals surface area (Å²) in [5, 5.41) is 20.0. The standard InChI is InChI=1S/C28H38Cl2N4O7S2/c1-14(2)19-22-33-16(13-42-22)24(37)40-17(9-8-10-28(7,29)30)26(3,4)25(38)41-20(27(5,6)39)23-32-15(12-43-23)21(36)31-11-18(35)34-19/h12-14,17,19-20,39H,8-11H2,1-7H3,(H,31,36)(H,34,35)/t17-,19-,20+/m0/s1. The van der Waals surface area contributed by atoms with Crippen molar-refractivity contribution >= 4 is 69.6 Å². The van der Waals surface area contributed by atoms with Crippen molar-refractivity contribution in [3.8, 4) is 0 Å². The summed E-state index contributed by atoms with van der Waals surface area (Å²) in [6.45, 7) is 11.1. The van der Waals surface area contributed by atoms with Crippen LogP contribution in [0, 0.1) is 11.3 Å². The number of fused-ring (bicyclic) bond motifs is 4. The zero-order valence-corrected chi connectivity index (χ0v) is 28.3. The maximum atomic E-state index is 13.7. The van der Waals surface area contributed by atoms with Crippen molar-refractivity contribution in [1.29, 1.82) is 0 Å². The molecule has 0 saturated carbocycles. The first kappa shape index (κ1) is 35.2. The van der Waals surface area contributed by atoms with Gasteiger partial charge in [-0.1, -0.05) is 13.8 Å². The average Bonchev–Trinajstić information content (AvgIpc) is 3.56.